The molecule has 1 saturated heterocycles. The van der Waals surface area contributed by atoms with Crippen LogP contribution in [0.1, 0.15) is 39.0 Å². The highest BCUT2D eigenvalue weighted by Crippen LogP contribution is 2.14. The molecular formula is C13H29N3O3S. The van der Waals surface area contributed by atoms with Gasteiger partial charge in [-0.1, -0.05) is 6.92 Å². The van der Waals surface area contributed by atoms with Crippen molar-refractivity contribution in [1.82, 2.24) is 14.3 Å². The van der Waals surface area contributed by atoms with E-state index in [4.69, 9.17) is 4.74 Å². The summed E-state index contributed by atoms with van der Waals surface area (Å²) in [6, 6.07) is 0. The average Bonchev–Trinajstić information content (AvgIpc) is 2.91. The molecule has 1 unspecified atom stereocenters. The lowest BCUT2D eigenvalue weighted by atomic mass is 10.2. The van der Waals surface area contributed by atoms with E-state index < -0.39 is 10.2 Å². The van der Waals surface area contributed by atoms with Crippen molar-refractivity contribution < 1.29 is 13.2 Å². The van der Waals surface area contributed by atoms with Gasteiger partial charge in [0.25, 0.3) is 10.2 Å². The second-order valence-electron chi connectivity index (χ2n) is 5.25. The van der Waals surface area contributed by atoms with E-state index in [0.29, 0.717) is 13.1 Å². The van der Waals surface area contributed by atoms with Gasteiger partial charge in [-0.2, -0.15) is 12.7 Å². The van der Waals surface area contributed by atoms with Crippen molar-refractivity contribution in [2.24, 2.45) is 0 Å². The van der Waals surface area contributed by atoms with Gasteiger partial charge in [0.15, 0.2) is 0 Å². The molecule has 0 bridgehead atoms. The van der Waals surface area contributed by atoms with Gasteiger partial charge >= 0.3 is 0 Å². The zero-order chi connectivity index (χ0) is 14.8. The van der Waals surface area contributed by atoms with Gasteiger partial charge < -0.3 is 10.1 Å². The molecule has 1 rings (SSSR count). The number of nitrogens with zero attached hydrogens (tertiary/aromatic N) is 1. The van der Waals surface area contributed by atoms with Gasteiger partial charge in [-0.05, 0) is 45.2 Å². The van der Waals surface area contributed by atoms with Crippen LogP contribution in [-0.2, 0) is 14.9 Å². The number of ether oxygens (including phenoxy) is 1. The van der Waals surface area contributed by atoms with Crippen molar-refractivity contribution in [1.29, 1.82) is 0 Å². The molecule has 0 aliphatic carbocycles. The van der Waals surface area contributed by atoms with Crippen LogP contribution in [0.3, 0.4) is 0 Å². The molecule has 1 heterocycles. The van der Waals surface area contributed by atoms with E-state index in [0.717, 1.165) is 51.8 Å². The molecule has 1 aliphatic rings. The molecule has 0 aromatic rings. The molecule has 0 aromatic heterocycles. The largest absolute Gasteiger partial charge is 0.378 e. The SMILES string of the molecule is CCCNCCCN(C)S(=O)(=O)NCCC1CCCO1. The minimum atomic E-state index is -3.34. The summed E-state index contributed by atoms with van der Waals surface area (Å²) in [5, 5.41) is 3.26. The van der Waals surface area contributed by atoms with E-state index in [9.17, 15) is 8.42 Å². The Kier molecular flexibility index (Phi) is 8.63. The first kappa shape index (κ1) is 17.8. The van der Waals surface area contributed by atoms with E-state index in [2.05, 4.69) is 17.0 Å². The van der Waals surface area contributed by atoms with Crippen LogP contribution in [0.15, 0.2) is 0 Å². The molecule has 1 aliphatic heterocycles. The van der Waals surface area contributed by atoms with Gasteiger partial charge in [-0.15, -0.1) is 0 Å². The predicted molar refractivity (Wildman–Crippen MR) is 80.9 cm³/mol. The molecule has 0 amide bonds. The Labute approximate surface area is 123 Å². The second kappa shape index (κ2) is 9.68. The van der Waals surface area contributed by atoms with Crippen LogP contribution in [-0.4, -0.2) is 58.7 Å². The van der Waals surface area contributed by atoms with Gasteiger partial charge in [-0.3, -0.25) is 0 Å². The summed E-state index contributed by atoms with van der Waals surface area (Å²) in [5.74, 6) is 0. The molecule has 2 N–H and O–H groups in total. The lowest BCUT2D eigenvalue weighted by Gasteiger charge is -2.18. The van der Waals surface area contributed by atoms with Crippen molar-refractivity contribution >= 4 is 10.2 Å². The van der Waals surface area contributed by atoms with Gasteiger partial charge in [0.1, 0.15) is 0 Å². The van der Waals surface area contributed by atoms with Gasteiger partial charge in [0, 0.05) is 26.7 Å². The molecule has 0 spiro atoms. The van der Waals surface area contributed by atoms with E-state index in [1.807, 2.05) is 0 Å². The molecule has 7 heteroatoms. The first-order chi connectivity index (χ1) is 9.56. The van der Waals surface area contributed by atoms with Crippen molar-refractivity contribution in [3.05, 3.63) is 0 Å². The summed E-state index contributed by atoms with van der Waals surface area (Å²) in [6.07, 6.45) is 5.02. The summed E-state index contributed by atoms with van der Waals surface area (Å²) in [6.45, 7) is 5.74. The van der Waals surface area contributed by atoms with Crippen LogP contribution in [0.5, 0.6) is 0 Å². The zero-order valence-corrected chi connectivity index (χ0v) is 13.5. The second-order valence-corrected chi connectivity index (χ2v) is 7.11. The predicted octanol–water partition coefficient (Wildman–Crippen LogP) is 0.711. The maximum absolute atomic E-state index is 12.0. The fourth-order valence-corrected chi connectivity index (χ4v) is 3.15. The highest BCUT2D eigenvalue weighted by Gasteiger charge is 2.19. The summed E-state index contributed by atoms with van der Waals surface area (Å²) < 4.78 is 33.4. The Morgan fingerprint density at radius 2 is 2.10 bits per heavy atom. The molecule has 20 heavy (non-hydrogen) atoms. The minimum absolute atomic E-state index is 0.223. The molecule has 120 valence electrons. The Morgan fingerprint density at radius 1 is 1.30 bits per heavy atom. The van der Waals surface area contributed by atoms with Gasteiger partial charge in [-0.25, -0.2) is 4.72 Å². The van der Waals surface area contributed by atoms with Crippen molar-refractivity contribution in [2.75, 3.05) is 39.8 Å². The molecule has 1 fully saturated rings. The number of nitrogens with one attached hydrogen (secondary N) is 2. The first-order valence-electron chi connectivity index (χ1n) is 7.59. The van der Waals surface area contributed by atoms with Crippen LogP contribution in [0.4, 0.5) is 0 Å². The topological polar surface area (TPSA) is 70.7 Å². The third-order valence-corrected chi connectivity index (χ3v) is 5.01. The zero-order valence-electron chi connectivity index (χ0n) is 12.7. The maximum atomic E-state index is 12.0. The van der Waals surface area contributed by atoms with E-state index in [1.165, 1.54) is 4.31 Å². The highest BCUT2D eigenvalue weighted by molar-refractivity contribution is 7.87. The van der Waals surface area contributed by atoms with Crippen LogP contribution in [0.2, 0.25) is 0 Å². The van der Waals surface area contributed by atoms with E-state index in [-0.39, 0.29) is 6.10 Å². The Morgan fingerprint density at radius 3 is 2.75 bits per heavy atom. The van der Waals surface area contributed by atoms with Crippen LogP contribution < -0.4 is 10.0 Å². The summed E-state index contributed by atoms with van der Waals surface area (Å²) in [7, 11) is -1.73. The fourth-order valence-electron chi connectivity index (χ4n) is 2.18. The van der Waals surface area contributed by atoms with E-state index in [1.54, 1.807) is 7.05 Å². The summed E-state index contributed by atoms with van der Waals surface area (Å²) >= 11 is 0. The Bertz CT molecular complexity index is 343. The van der Waals surface area contributed by atoms with Crippen molar-refractivity contribution in [3.63, 3.8) is 0 Å². The molecule has 0 aromatic carbocycles. The average molecular weight is 307 g/mol. The van der Waals surface area contributed by atoms with Crippen LogP contribution >= 0.6 is 0 Å². The first-order valence-corrected chi connectivity index (χ1v) is 9.03. The third kappa shape index (κ3) is 6.99. The summed E-state index contributed by atoms with van der Waals surface area (Å²) in [5.41, 5.74) is 0. The lowest BCUT2D eigenvalue weighted by Crippen LogP contribution is -2.40. The quantitative estimate of drug-likeness (QED) is 0.552. The Balaban J connectivity index is 2.14. The highest BCUT2D eigenvalue weighted by atomic mass is 32.2. The van der Waals surface area contributed by atoms with E-state index >= 15 is 0 Å². The van der Waals surface area contributed by atoms with Crippen molar-refractivity contribution in [2.45, 2.75) is 45.1 Å². The third-order valence-electron chi connectivity index (χ3n) is 3.44. The maximum Gasteiger partial charge on any atom is 0.279 e. The van der Waals surface area contributed by atoms with Crippen LogP contribution in [0, 0.1) is 0 Å². The molecule has 6 nitrogen and oxygen atoms in total. The summed E-state index contributed by atoms with van der Waals surface area (Å²) in [4.78, 5) is 0. The molecule has 1 atom stereocenters. The van der Waals surface area contributed by atoms with Crippen LogP contribution in [0.25, 0.3) is 0 Å². The number of rotatable bonds is 11. The van der Waals surface area contributed by atoms with Crippen molar-refractivity contribution in [3.8, 4) is 0 Å². The minimum Gasteiger partial charge on any atom is -0.378 e. The molecule has 0 saturated carbocycles. The normalized spacial score (nSPS) is 19.9. The lowest BCUT2D eigenvalue weighted by molar-refractivity contribution is 0.105. The van der Waals surface area contributed by atoms with Gasteiger partial charge in [0.05, 0.1) is 6.10 Å². The molecule has 0 radical (unpaired) electrons. The van der Waals surface area contributed by atoms with Gasteiger partial charge in [0.2, 0.25) is 0 Å². The fraction of sp³-hybridized carbons (Fsp3) is 1.00. The number of hydrogen-bond donors (Lipinski definition) is 2. The molecular weight excluding hydrogens is 278 g/mol. The standard InChI is InChI=1S/C13H29N3O3S/c1-3-8-14-9-5-11-16(2)20(17,18)15-10-7-13-6-4-12-19-13/h13-15H,3-12H2,1-2H3. The smallest absolute Gasteiger partial charge is 0.279 e. The Hall–Kier alpha value is -0.210. The monoisotopic (exact) mass is 307 g/mol. The number of hydrogen-bond acceptors (Lipinski definition) is 4.